The molecule has 0 spiro atoms. The average Bonchev–Trinajstić information content (AvgIpc) is 2.29. The van der Waals surface area contributed by atoms with Gasteiger partial charge in [0.15, 0.2) is 13.6 Å². The van der Waals surface area contributed by atoms with Gasteiger partial charge in [0.2, 0.25) is 0 Å². The molecule has 0 radical (unpaired) electrons. The van der Waals surface area contributed by atoms with Gasteiger partial charge in [-0.05, 0) is 20.8 Å². The van der Waals surface area contributed by atoms with E-state index in [0.717, 1.165) is 6.08 Å². The van der Waals surface area contributed by atoms with Gasteiger partial charge < -0.3 is 18.9 Å². The molecule has 0 aliphatic heterocycles. The zero-order chi connectivity index (χ0) is 13.1. The summed E-state index contributed by atoms with van der Waals surface area (Å²) in [6.07, 6.45) is 1.05. The summed E-state index contributed by atoms with van der Waals surface area (Å²) in [5.41, 5.74) is 0.145. The summed E-state index contributed by atoms with van der Waals surface area (Å²) in [6.45, 7) is 5.65. The lowest BCUT2D eigenvalue weighted by Crippen LogP contribution is -2.12. The van der Waals surface area contributed by atoms with Crippen LogP contribution in [-0.2, 0) is 28.5 Å². The summed E-state index contributed by atoms with van der Waals surface area (Å²) in [5.74, 6) is -1.27. The van der Waals surface area contributed by atoms with Crippen molar-refractivity contribution < 1.29 is 28.5 Å². The molecule has 17 heavy (non-hydrogen) atoms. The number of hydrogen-bond donors (Lipinski definition) is 0. The molecule has 0 amide bonds. The molecule has 6 heteroatoms. The van der Waals surface area contributed by atoms with Gasteiger partial charge >= 0.3 is 11.9 Å². The third kappa shape index (κ3) is 8.41. The maximum atomic E-state index is 11.3. The number of carbonyl (C=O) groups is 2. The summed E-state index contributed by atoms with van der Waals surface area (Å²) in [5, 5.41) is 0. The topological polar surface area (TPSA) is 71.1 Å². The van der Waals surface area contributed by atoms with Crippen LogP contribution in [0.1, 0.15) is 20.8 Å². The molecule has 0 aromatic rings. The van der Waals surface area contributed by atoms with E-state index in [-0.39, 0.29) is 19.2 Å². The van der Waals surface area contributed by atoms with E-state index in [1.54, 1.807) is 13.8 Å². The molecule has 0 heterocycles. The van der Waals surface area contributed by atoms with Crippen LogP contribution in [0.5, 0.6) is 0 Å². The minimum atomic E-state index is -0.649. The largest absolute Gasteiger partial charge is 0.435 e. The van der Waals surface area contributed by atoms with E-state index in [1.165, 1.54) is 6.92 Å². The summed E-state index contributed by atoms with van der Waals surface area (Å²) in [6, 6.07) is 0. The van der Waals surface area contributed by atoms with Gasteiger partial charge in [-0.3, -0.25) is 0 Å². The number of hydrogen-bond acceptors (Lipinski definition) is 6. The van der Waals surface area contributed by atoms with E-state index in [4.69, 9.17) is 14.2 Å². The third-order valence-electron chi connectivity index (χ3n) is 1.62. The third-order valence-corrected chi connectivity index (χ3v) is 1.62. The Bertz CT molecular complexity index is 271. The van der Waals surface area contributed by atoms with Crippen molar-refractivity contribution in [1.29, 1.82) is 0 Å². The van der Waals surface area contributed by atoms with Gasteiger partial charge in [0.1, 0.15) is 0 Å². The Morgan fingerprint density at radius 3 is 2.06 bits per heavy atom. The first-order valence-corrected chi connectivity index (χ1v) is 5.29. The van der Waals surface area contributed by atoms with E-state index in [9.17, 15) is 9.59 Å². The minimum Gasteiger partial charge on any atom is -0.435 e. The molecule has 0 aromatic heterocycles. The summed E-state index contributed by atoms with van der Waals surface area (Å²) in [7, 11) is 0. The molecule has 6 nitrogen and oxygen atoms in total. The number of carbonyl (C=O) groups excluding carboxylic acids is 2. The van der Waals surface area contributed by atoms with Crippen LogP contribution < -0.4 is 0 Å². The Morgan fingerprint density at radius 1 is 1.00 bits per heavy atom. The lowest BCUT2D eigenvalue weighted by atomic mass is 10.3. The molecule has 0 aliphatic carbocycles. The molecular weight excluding hydrogens is 228 g/mol. The van der Waals surface area contributed by atoms with Crippen LogP contribution in [0.4, 0.5) is 0 Å². The number of rotatable bonds is 8. The lowest BCUT2D eigenvalue weighted by Gasteiger charge is -2.04. The van der Waals surface area contributed by atoms with E-state index in [0.29, 0.717) is 13.2 Å². The van der Waals surface area contributed by atoms with Crippen molar-refractivity contribution >= 4 is 11.9 Å². The fraction of sp³-hybridized carbons (Fsp3) is 0.636. The van der Waals surface area contributed by atoms with Crippen molar-refractivity contribution in [1.82, 2.24) is 0 Å². The highest BCUT2D eigenvalue weighted by molar-refractivity contribution is 5.95. The Morgan fingerprint density at radius 2 is 1.53 bits per heavy atom. The Labute approximate surface area is 100 Å². The van der Waals surface area contributed by atoms with Gasteiger partial charge in [0.25, 0.3) is 0 Å². The molecule has 0 bridgehead atoms. The van der Waals surface area contributed by atoms with Gasteiger partial charge in [0, 0.05) is 24.9 Å². The summed E-state index contributed by atoms with van der Waals surface area (Å²) in [4.78, 5) is 22.4. The van der Waals surface area contributed by atoms with Crippen molar-refractivity contribution in [3.05, 3.63) is 11.6 Å². The van der Waals surface area contributed by atoms with Gasteiger partial charge in [-0.25, -0.2) is 9.59 Å². The predicted octanol–water partition coefficient (Wildman–Crippen LogP) is 1.01. The van der Waals surface area contributed by atoms with Gasteiger partial charge in [0.05, 0.1) is 0 Å². The molecule has 0 unspecified atom stereocenters. The monoisotopic (exact) mass is 246 g/mol. The van der Waals surface area contributed by atoms with Crippen LogP contribution >= 0.6 is 0 Å². The number of ether oxygens (including phenoxy) is 4. The second-order valence-electron chi connectivity index (χ2n) is 2.94. The van der Waals surface area contributed by atoms with Gasteiger partial charge in [-0.2, -0.15) is 0 Å². The quantitative estimate of drug-likeness (QED) is 0.275. The highest BCUT2D eigenvalue weighted by Crippen LogP contribution is 1.98. The van der Waals surface area contributed by atoms with Crippen LogP contribution in [-0.4, -0.2) is 38.7 Å². The van der Waals surface area contributed by atoms with E-state index >= 15 is 0 Å². The molecule has 98 valence electrons. The Kier molecular flexibility index (Phi) is 8.99. The maximum absolute atomic E-state index is 11.3. The molecule has 0 atom stereocenters. The van der Waals surface area contributed by atoms with Crippen LogP contribution in [0.25, 0.3) is 0 Å². The molecule has 0 saturated carbocycles. The van der Waals surface area contributed by atoms with Crippen molar-refractivity contribution in [3.63, 3.8) is 0 Å². The predicted molar refractivity (Wildman–Crippen MR) is 58.9 cm³/mol. The molecule has 0 aliphatic rings. The van der Waals surface area contributed by atoms with Crippen LogP contribution in [0.15, 0.2) is 11.6 Å². The first-order chi connectivity index (χ1) is 8.11. The summed E-state index contributed by atoms with van der Waals surface area (Å²) < 4.78 is 19.0. The molecular formula is C11H18O6. The molecule has 0 saturated heterocycles. The SMILES string of the molecule is CCOCOC(=O)/C=C(\C)C(=O)OCOCC. The van der Waals surface area contributed by atoms with Crippen molar-refractivity contribution in [2.75, 3.05) is 26.8 Å². The van der Waals surface area contributed by atoms with Gasteiger partial charge in [-0.1, -0.05) is 0 Å². The minimum absolute atomic E-state index is 0.130. The molecule has 0 N–H and O–H groups in total. The van der Waals surface area contributed by atoms with E-state index in [2.05, 4.69) is 4.74 Å². The highest BCUT2D eigenvalue weighted by atomic mass is 16.7. The molecule has 0 fully saturated rings. The standard InChI is InChI=1S/C11H18O6/c1-4-14-7-16-10(12)6-9(3)11(13)17-8-15-5-2/h6H,4-5,7-8H2,1-3H3/b9-6+. The second-order valence-corrected chi connectivity index (χ2v) is 2.94. The van der Waals surface area contributed by atoms with E-state index < -0.39 is 11.9 Å². The zero-order valence-electron chi connectivity index (χ0n) is 10.4. The van der Waals surface area contributed by atoms with Crippen LogP contribution in [0.2, 0.25) is 0 Å². The first kappa shape index (κ1) is 15.6. The smallest absolute Gasteiger partial charge is 0.336 e. The first-order valence-electron chi connectivity index (χ1n) is 5.29. The van der Waals surface area contributed by atoms with Crippen molar-refractivity contribution in [2.24, 2.45) is 0 Å². The Balaban J connectivity index is 3.96. The van der Waals surface area contributed by atoms with Crippen molar-refractivity contribution in [2.45, 2.75) is 20.8 Å². The maximum Gasteiger partial charge on any atom is 0.336 e. The lowest BCUT2D eigenvalue weighted by molar-refractivity contribution is -0.153. The molecule has 0 rings (SSSR count). The average molecular weight is 246 g/mol. The second kappa shape index (κ2) is 9.80. The normalized spacial score (nSPS) is 11.1. The fourth-order valence-corrected chi connectivity index (χ4v) is 0.753. The Hall–Kier alpha value is -1.40. The zero-order valence-corrected chi connectivity index (χ0v) is 10.4. The fourth-order valence-electron chi connectivity index (χ4n) is 0.753. The summed E-state index contributed by atoms with van der Waals surface area (Å²) >= 11 is 0. The van der Waals surface area contributed by atoms with Crippen LogP contribution in [0, 0.1) is 0 Å². The number of esters is 2. The van der Waals surface area contributed by atoms with Crippen LogP contribution in [0.3, 0.4) is 0 Å². The van der Waals surface area contributed by atoms with Crippen molar-refractivity contribution in [3.8, 4) is 0 Å². The molecule has 0 aromatic carbocycles. The van der Waals surface area contributed by atoms with E-state index in [1.807, 2.05) is 0 Å². The highest BCUT2D eigenvalue weighted by Gasteiger charge is 2.08. The van der Waals surface area contributed by atoms with Gasteiger partial charge in [-0.15, -0.1) is 0 Å².